The normalized spacial score (nSPS) is 12.0. The van der Waals surface area contributed by atoms with E-state index in [-0.39, 0.29) is 16.3 Å². The Morgan fingerprint density at radius 2 is 1.88 bits per heavy atom. The van der Waals surface area contributed by atoms with Gasteiger partial charge in [0.05, 0.1) is 5.02 Å². The molecule has 25 heavy (non-hydrogen) atoms. The highest BCUT2D eigenvalue weighted by Crippen LogP contribution is 2.19. The third-order valence-corrected chi connectivity index (χ3v) is 3.44. The highest BCUT2D eigenvalue weighted by molar-refractivity contribution is 6.31. The van der Waals surface area contributed by atoms with E-state index in [4.69, 9.17) is 16.3 Å². The predicted octanol–water partition coefficient (Wildman–Crippen LogP) is 4.20. The van der Waals surface area contributed by atoms with Gasteiger partial charge in [-0.05, 0) is 37.3 Å². The lowest BCUT2D eigenvalue weighted by Crippen LogP contribution is -2.29. The SMILES string of the molecule is C[C@@H](OC(=O)/C=C/c1ccccc1F)C(=O)Nc1ccc(F)c(Cl)c1. The Balaban J connectivity index is 1.92. The van der Waals surface area contributed by atoms with Gasteiger partial charge in [-0.25, -0.2) is 13.6 Å². The van der Waals surface area contributed by atoms with Gasteiger partial charge in [-0.15, -0.1) is 0 Å². The minimum atomic E-state index is -1.11. The average molecular weight is 366 g/mol. The van der Waals surface area contributed by atoms with Gasteiger partial charge in [0.1, 0.15) is 11.6 Å². The molecule has 0 saturated heterocycles. The largest absolute Gasteiger partial charge is 0.449 e. The van der Waals surface area contributed by atoms with Crippen molar-refractivity contribution < 1.29 is 23.1 Å². The monoisotopic (exact) mass is 365 g/mol. The van der Waals surface area contributed by atoms with E-state index in [9.17, 15) is 18.4 Å². The molecule has 0 saturated carbocycles. The Morgan fingerprint density at radius 3 is 2.56 bits per heavy atom. The van der Waals surface area contributed by atoms with Crippen molar-refractivity contribution in [3.05, 3.63) is 70.8 Å². The molecule has 0 aromatic heterocycles. The fourth-order valence-corrected chi connectivity index (χ4v) is 2.03. The molecule has 130 valence electrons. The summed E-state index contributed by atoms with van der Waals surface area (Å²) >= 11 is 5.62. The van der Waals surface area contributed by atoms with E-state index in [0.29, 0.717) is 0 Å². The topological polar surface area (TPSA) is 55.4 Å². The molecule has 2 aromatic carbocycles. The number of nitrogens with one attached hydrogen (secondary N) is 1. The summed E-state index contributed by atoms with van der Waals surface area (Å²) in [6.07, 6.45) is 1.17. The van der Waals surface area contributed by atoms with Crippen LogP contribution in [0.4, 0.5) is 14.5 Å². The number of carbonyl (C=O) groups is 2. The maximum atomic E-state index is 13.4. The first-order chi connectivity index (χ1) is 11.9. The second kappa shape index (κ2) is 8.39. The summed E-state index contributed by atoms with van der Waals surface area (Å²) in [5.74, 6) is -2.51. The van der Waals surface area contributed by atoms with Crippen LogP contribution in [0.1, 0.15) is 12.5 Å². The van der Waals surface area contributed by atoms with Crippen LogP contribution >= 0.6 is 11.6 Å². The molecule has 0 unspecified atom stereocenters. The molecule has 0 aliphatic rings. The summed E-state index contributed by atoms with van der Waals surface area (Å²) in [7, 11) is 0. The zero-order chi connectivity index (χ0) is 18.4. The van der Waals surface area contributed by atoms with Crippen LogP contribution in [0.5, 0.6) is 0 Å². The van der Waals surface area contributed by atoms with Gasteiger partial charge in [0, 0.05) is 17.3 Å². The maximum absolute atomic E-state index is 13.4. The van der Waals surface area contributed by atoms with Gasteiger partial charge in [-0.1, -0.05) is 29.8 Å². The fourth-order valence-electron chi connectivity index (χ4n) is 1.85. The summed E-state index contributed by atoms with van der Waals surface area (Å²) < 4.78 is 31.4. The molecule has 7 heteroatoms. The first-order valence-electron chi connectivity index (χ1n) is 7.26. The second-order valence-corrected chi connectivity index (χ2v) is 5.46. The van der Waals surface area contributed by atoms with E-state index >= 15 is 0 Å². The van der Waals surface area contributed by atoms with E-state index in [2.05, 4.69) is 5.32 Å². The second-order valence-electron chi connectivity index (χ2n) is 5.05. The molecule has 1 N–H and O–H groups in total. The van der Waals surface area contributed by atoms with Gasteiger partial charge in [0.15, 0.2) is 6.10 Å². The van der Waals surface area contributed by atoms with Crippen LogP contribution in [0, 0.1) is 11.6 Å². The molecule has 4 nitrogen and oxygen atoms in total. The number of hydrogen-bond donors (Lipinski definition) is 1. The van der Waals surface area contributed by atoms with Crippen LogP contribution < -0.4 is 5.32 Å². The van der Waals surface area contributed by atoms with Crippen molar-refractivity contribution in [1.29, 1.82) is 0 Å². The lowest BCUT2D eigenvalue weighted by molar-refractivity contribution is -0.148. The summed E-state index contributed by atoms with van der Waals surface area (Å²) in [5.41, 5.74) is 0.485. The lowest BCUT2D eigenvalue weighted by atomic mass is 10.2. The van der Waals surface area contributed by atoms with E-state index in [1.54, 1.807) is 6.07 Å². The van der Waals surface area contributed by atoms with Crippen LogP contribution in [0.15, 0.2) is 48.5 Å². The molecule has 0 aliphatic carbocycles. The van der Waals surface area contributed by atoms with Crippen LogP contribution in [0.25, 0.3) is 6.08 Å². The number of rotatable bonds is 5. The minimum Gasteiger partial charge on any atom is -0.449 e. The Morgan fingerprint density at radius 1 is 1.16 bits per heavy atom. The number of carbonyl (C=O) groups excluding carboxylic acids is 2. The number of amides is 1. The lowest BCUT2D eigenvalue weighted by Gasteiger charge is -2.12. The molecule has 1 atom stereocenters. The van der Waals surface area contributed by atoms with Crippen molar-refractivity contribution in [3.63, 3.8) is 0 Å². The van der Waals surface area contributed by atoms with Gasteiger partial charge in [-0.2, -0.15) is 0 Å². The van der Waals surface area contributed by atoms with E-state index in [1.165, 1.54) is 43.3 Å². The summed E-state index contributed by atoms with van der Waals surface area (Å²) in [6.45, 7) is 1.37. The highest BCUT2D eigenvalue weighted by Gasteiger charge is 2.17. The first kappa shape index (κ1) is 18.6. The quantitative estimate of drug-likeness (QED) is 0.638. The Labute approximate surface area is 148 Å². The number of hydrogen-bond acceptors (Lipinski definition) is 3. The number of halogens is 3. The zero-order valence-corrected chi connectivity index (χ0v) is 13.9. The molecule has 0 bridgehead atoms. The van der Waals surface area contributed by atoms with Crippen LogP contribution in [-0.2, 0) is 14.3 Å². The summed E-state index contributed by atoms with van der Waals surface area (Å²) in [5, 5.41) is 2.30. The van der Waals surface area contributed by atoms with Crippen molar-refractivity contribution in [2.24, 2.45) is 0 Å². The van der Waals surface area contributed by atoms with E-state index in [1.807, 2.05) is 0 Å². The van der Waals surface area contributed by atoms with Crippen LogP contribution in [0.3, 0.4) is 0 Å². The molecule has 2 rings (SSSR count). The van der Waals surface area contributed by atoms with Crippen molar-refractivity contribution >= 4 is 35.2 Å². The third-order valence-electron chi connectivity index (χ3n) is 3.15. The Hall–Kier alpha value is -2.73. The standard InChI is InChI=1S/C18H14ClF2NO3/c1-11(18(24)22-13-7-8-16(21)14(19)10-13)25-17(23)9-6-12-4-2-3-5-15(12)20/h2-11H,1H3,(H,22,24)/b9-6+/t11-/m1/s1. The van der Waals surface area contributed by atoms with Crippen molar-refractivity contribution in [2.45, 2.75) is 13.0 Å². The van der Waals surface area contributed by atoms with Gasteiger partial charge in [-0.3, -0.25) is 4.79 Å². The van der Waals surface area contributed by atoms with Gasteiger partial charge >= 0.3 is 5.97 Å². The number of benzene rings is 2. The molecule has 0 heterocycles. The van der Waals surface area contributed by atoms with Gasteiger partial charge in [0.2, 0.25) is 0 Å². The van der Waals surface area contributed by atoms with Crippen molar-refractivity contribution in [2.75, 3.05) is 5.32 Å². The molecular formula is C18H14ClF2NO3. The molecule has 0 radical (unpaired) electrons. The molecule has 0 spiro atoms. The number of ether oxygens (including phenoxy) is 1. The van der Waals surface area contributed by atoms with Crippen LogP contribution in [0.2, 0.25) is 5.02 Å². The smallest absolute Gasteiger partial charge is 0.331 e. The van der Waals surface area contributed by atoms with Crippen LogP contribution in [-0.4, -0.2) is 18.0 Å². The molecule has 0 aliphatic heterocycles. The predicted molar refractivity (Wildman–Crippen MR) is 91.0 cm³/mol. The summed E-state index contributed by atoms with van der Waals surface area (Å²) in [4.78, 5) is 23.7. The van der Waals surface area contributed by atoms with E-state index < -0.39 is 29.6 Å². The number of anilines is 1. The average Bonchev–Trinajstić information content (AvgIpc) is 2.57. The fraction of sp³-hybridized carbons (Fsp3) is 0.111. The highest BCUT2D eigenvalue weighted by atomic mass is 35.5. The van der Waals surface area contributed by atoms with Crippen molar-refractivity contribution in [3.8, 4) is 0 Å². The molecule has 0 fully saturated rings. The van der Waals surface area contributed by atoms with Gasteiger partial charge in [0.25, 0.3) is 5.91 Å². The molecule has 2 aromatic rings. The van der Waals surface area contributed by atoms with E-state index in [0.717, 1.165) is 12.1 Å². The zero-order valence-electron chi connectivity index (χ0n) is 13.1. The first-order valence-corrected chi connectivity index (χ1v) is 7.64. The minimum absolute atomic E-state index is 0.143. The summed E-state index contributed by atoms with van der Waals surface area (Å²) in [6, 6.07) is 9.57. The van der Waals surface area contributed by atoms with Gasteiger partial charge < -0.3 is 10.1 Å². The van der Waals surface area contributed by atoms with Crippen molar-refractivity contribution in [1.82, 2.24) is 0 Å². The Bertz CT molecular complexity index is 824. The number of esters is 1. The maximum Gasteiger partial charge on any atom is 0.331 e. The molecule has 1 amide bonds. The molecular weight excluding hydrogens is 352 g/mol. The third kappa shape index (κ3) is 5.39. The Kier molecular flexibility index (Phi) is 6.25.